The molecule has 1 atom stereocenters. The van der Waals surface area contributed by atoms with Crippen LogP contribution in [0.15, 0.2) is 0 Å². The molecule has 2 heterocycles. The number of tetrazole rings is 1. The Balaban J connectivity index is 2.23. The van der Waals surface area contributed by atoms with Crippen molar-refractivity contribution in [3.63, 3.8) is 0 Å². The fourth-order valence-electron chi connectivity index (χ4n) is 2.66. The Bertz CT molecular complexity index is 584. The van der Waals surface area contributed by atoms with Crippen molar-refractivity contribution in [2.75, 3.05) is 6.54 Å². The number of aromatic nitrogens is 6. The topological polar surface area (TPSA) is 73.5 Å². The minimum Gasteiger partial charge on any atom is -0.310 e. The van der Waals surface area contributed by atoms with Crippen LogP contribution in [0.25, 0.3) is 0 Å². The molecule has 0 aliphatic heterocycles. The first-order chi connectivity index (χ1) is 10.1. The third-order valence-electron chi connectivity index (χ3n) is 3.68. The summed E-state index contributed by atoms with van der Waals surface area (Å²) in [6, 6.07) is 0.355. The highest BCUT2D eigenvalue weighted by molar-refractivity contribution is 5.28. The van der Waals surface area contributed by atoms with Crippen LogP contribution in [0.5, 0.6) is 0 Å². The molecular formula is C14H25N7. The maximum absolute atomic E-state index is 4.65. The van der Waals surface area contributed by atoms with Gasteiger partial charge in [-0.3, -0.25) is 4.68 Å². The van der Waals surface area contributed by atoms with E-state index in [1.54, 1.807) is 7.05 Å². The van der Waals surface area contributed by atoms with Crippen LogP contribution in [-0.4, -0.2) is 36.5 Å². The van der Waals surface area contributed by atoms with Crippen LogP contribution in [-0.2, 0) is 13.6 Å². The summed E-state index contributed by atoms with van der Waals surface area (Å²) in [5.41, 5.74) is 3.55. The summed E-state index contributed by atoms with van der Waals surface area (Å²) in [6.45, 7) is 10.1. The van der Waals surface area contributed by atoms with Gasteiger partial charge in [-0.1, -0.05) is 13.8 Å². The summed E-state index contributed by atoms with van der Waals surface area (Å²) >= 11 is 0. The van der Waals surface area contributed by atoms with Gasteiger partial charge in [0.2, 0.25) is 0 Å². The molecule has 0 aliphatic carbocycles. The molecule has 0 bridgehead atoms. The van der Waals surface area contributed by atoms with E-state index in [-0.39, 0.29) is 0 Å². The highest BCUT2D eigenvalue weighted by Crippen LogP contribution is 2.24. The number of nitrogens with zero attached hydrogens (tertiary/aromatic N) is 6. The summed E-state index contributed by atoms with van der Waals surface area (Å²) < 4.78 is 1.97. The van der Waals surface area contributed by atoms with E-state index in [0.29, 0.717) is 18.4 Å². The molecule has 0 aromatic carbocycles. The number of nitrogens with one attached hydrogen (secondary N) is 1. The van der Waals surface area contributed by atoms with E-state index in [0.717, 1.165) is 25.1 Å². The zero-order chi connectivity index (χ0) is 15.4. The minimum atomic E-state index is 0.355. The lowest BCUT2D eigenvalue weighted by Gasteiger charge is -2.17. The van der Waals surface area contributed by atoms with E-state index in [2.05, 4.69) is 53.5 Å². The van der Waals surface area contributed by atoms with Gasteiger partial charge in [-0.05, 0) is 38.4 Å². The van der Waals surface area contributed by atoms with E-state index in [9.17, 15) is 0 Å². The Labute approximate surface area is 125 Å². The molecule has 21 heavy (non-hydrogen) atoms. The summed E-state index contributed by atoms with van der Waals surface area (Å²) in [7, 11) is 1.77. The van der Waals surface area contributed by atoms with Gasteiger partial charge < -0.3 is 5.32 Å². The number of aryl methyl sites for hydroxylation is 2. The predicted molar refractivity (Wildman–Crippen MR) is 80.9 cm³/mol. The second kappa shape index (κ2) is 6.80. The van der Waals surface area contributed by atoms with Crippen LogP contribution in [0.2, 0.25) is 0 Å². The number of hydrogen-bond donors (Lipinski definition) is 1. The van der Waals surface area contributed by atoms with E-state index >= 15 is 0 Å². The van der Waals surface area contributed by atoms with Crippen molar-refractivity contribution >= 4 is 0 Å². The third kappa shape index (κ3) is 3.47. The molecule has 2 aromatic rings. The van der Waals surface area contributed by atoms with Crippen molar-refractivity contribution in [2.24, 2.45) is 7.05 Å². The molecule has 116 valence electrons. The van der Waals surface area contributed by atoms with Gasteiger partial charge in [-0.15, -0.1) is 10.2 Å². The first-order valence-electron chi connectivity index (χ1n) is 7.56. The van der Waals surface area contributed by atoms with E-state index in [1.807, 2.05) is 4.68 Å². The predicted octanol–water partition coefficient (Wildman–Crippen LogP) is 1.52. The molecule has 0 saturated carbocycles. The maximum atomic E-state index is 4.65. The Morgan fingerprint density at radius 2 is 1.95 bits per heavy atom. The standard InChI is InChI=1S/C14H25N7/c1-6-8-15-12(7-2)14-10(3)17-21(11(14)4)9-13-16-19-20(5)18-13/h12,15H,6-9H2,1-5H3. The Morgan fingerprint density at radius 1 is 1.19 bits per heavy atom. The lowest BCUT2D eigenvalue weighted by molar-refractivity contribution is 0.513. The molecule has 0 fully saturated rings. The minimum absolute atomic E-state index is 0.355. The summed E-state index contributed by atoms with van der Waals surface area (Å²) in [5, 5.41) is 20.4. The molecular weight excluding hydrogens is 266 g/mol. The van der Waals surface area contributed by atoms with E-state index in [1.165, 1.54) is 16.1 Å². The molecule has 1 N–H and O–H groups in total. The largest absolute Gasteiger partial charge is 0.310 e. The van der Waals surface area contributed by atoms with Gasteiger partial charge in [0.15, 0.2) is 5.82 Å². The first-order valence-corrected chi connectivity index (χ1v) is 7.56. The van der Waals surface area contributed by atoms with Crippen molar-refractivity contribution in [2.45, 2.75) is 53.1 Å². The molecule has 0 saturated heterocycles. The van der Waals surface area contributed by atoms with Crippen molar-refractivity contribution < 1.29 is 0 Å². The summed E-state index contributed by atoms with van der Waals surface area (Å²) in [5.74, 6) is 0.684. The maximum Gasteiger partial charge on any atom is 0.196 e. The second-order valence-electron chi connectivity index (χ2n) is 5.35. The Hall–Kier alpha value is -1.76. The van der Waals surface area contributed by atoms with Crippen LogP contribution < -0.4 is 5.32 Å². The van der Waals surface area contributed by atoms with Crippen molar-refractivity contribution in [1.29, 1.82) is 0 Å². The summed E-state index contributed by atoms with van der Waals surface area (Å²) in [4.78, 5) is 1.47. The van der Waals surface area contributed by atoms with Crippen molar-refractivity contribution in [3.05, 3.63) is 22.8 Å². The Morgan fingerprint density at radius 3 is 2.52 bits per heavy atom. The average Bonchev–Trinajstić information content (AvgIpc) is 2.97. The van der Waals surface area contributed by atoms with E-state index < -0.39 is 0 Å². The Kier molecular flexibility index (Phi) is 5.06. The third-order valence-corrected chi connectivity index (χ3v) is 3.68. The van der Waals surface area contributed by atoms with Crippen molar-refractivity contribution in [3.8, 4) is 0 Å². The smallest absolute Gasteiger partial charge is 0.196 e. The molecule has 2 aromatic heterocycles. The molecule has 0 aliphatic rings. The van der Waals surface area contributed by atoms with Gasteiger partial charge in [0.1, 0.15) is 6.54 Å². The van der Waals surface area contributed by atoms with E-state index in [4.69, 9.17) is 0 Å². The fraction of sp³-hybridized carbons (Fsp3) is 0.714. The summed E-state index contributed by atoms with van der Waals surface area (Å²) in [6.07, 6.45) is 2.18. The molecule has 7 heteroatoms. The second-order valence-corrected chi connectivity index (χ2v) is 5.35. The highest BCUT2D eigenvalue weighted by atomic mass is 15.6. The molecule has 0 amide bonds. The van der Waals surface area contributed by atoms with Gasteiger partial charge in [0.05, 0.1) is 12.7 Å². The van der Waals surface area contributed by atoms with Gasteiger partial charge >= 0.3 is 0 Å². The van der Waals surface area contributed by atoms with Crippen LogP contribution in [0.3, 0.4) is 0 Å². The fourth-order valence-corrected chi connectivity index (χ4v) is 2.66. The number of hydrogen-bond acceptors (Lipinski definition) is 5. The molecule has 0 radical (unpaired) electrons. The molecule has 1 unspecified atom stereocenters. The quantitative estimate of drug-likeness (QED) is 0.837. The zero-order valence-electron chi connectivity index (χ0n) is 13.6. The SMILES string of the molecule is CCCNC(CC)c1c(C)nn(Cc2nnn(C)n2)c1C. The van der Waals surface area contributed by atoms with Crippen LogP contribution >= 0.6 is 0 Å². The zero-order valence-corrected chi connectivity index (χ0v) is 13.6. The van der Waals surface area contributed by atoms with Crippen LogP contribution in [0.4, 0.5) is 0 Å². The lowest BCUT2D eigenvalue weighted by Crippen LogP contribution is -2.22. The van der Waals surface area contributed by atoms with Crippen LogP contribution in [0, 0.1) is 13.8 Å². The average molecular weight is 291 g/mol. The lowest BCUT2D eigenvalue weighted by atomic mass is 10.0. The van der Waals surface area contributed by atoms with Gasteiger partial charge in [-0.2, -0.15) is 9.90 Å². The highest BCUT2D eigenvalue weighted by Gasteiger charge is 2.19. The van der Waals surface area contributed by atoms with Crippen molar-refractivity contribution in [1.82, 2.24) is 35.3 Å². The first kappa shape index (κ1) is 15.6. The van der Waals surface area contributed by atoms with Gasteiger partial charge in [-0.25, -0.2) is 0 Å². The molecule has 7 nitrogen and oxygen atoms in total. The molecule has 0 spiro atoms. The van der Waals surface area contributed by atoms with Gasteiger partial charge in [0.25, 0.3) is 0 Å². The normalized spacial score (nSPS) is 12.8. The number of rotatable bonds is 7. The monoisotopic (exact) mass is 291 g/mol. The molecule has 2 rings (SSSR count). The van der Waals surface area contributed by atoms with Crippen LogP contribution in [0.1, 0.15) is 55.5 Å². The van der Waals surface area contributed by atoms with Gasteiger partial charge in [0, 0.05) is 17.3 Å².